The van der Waals surface area contributed by atoms with Gasteiger partial charge in [0.25, 0.3) is 0 Å². The van der Waals surface area contributed by atoms with E-state index in [2.05, 4.69) is 63.4 Å². The molecule has 7 nitrogen and oxygen atoms in total. The van der Waals surface area contributed by atoms with Crippen molar-refractivity contribution in [1.82, 2.24) is 9.97 Å². The Hall–Kier alpha value is -2.96. The molecule has 0 saturated heterocycles. The average Bonchev–Trinajstić information content (AvgIpc) is 3.46. The molecule has 2 heterocycles. The Bertz CT molecular complexity index is 1330. The molecule has 35 heavy (non-hydrogen) atoms. The lowest BCUT2D eigenvalue weighted by Crippen LogP contribution is -2.41. The predicted molar refractivity (Wildman–Crippen MR) is 140 cm³/mol. The maximum Gasteiger partial charge on any atom is 0.204 e. The summed E-state index contributed by atoms with van der Waals surface area (Å²) in [6.45, 7) is 17.7. The van der Waals surface area contributed by atoms with Crippen LogP contribution in [0.3, 0.4) is 0 Å². The molecule has 0 amide bonds. The first kappa shape index (κ1) is 23.8. The topological polar surface area (TPSA) is 94.8 Å². The number of hydrogen-bond acceptors (Lipinski definition) is 6. The van der Waals surface area contributed by atoms with E-state index < -0.39 is 11.0 Å². The number of nitrogens with two attached hydrogens (primary N) is 1. The van der Waals surface area contributed by atoms with Gasteiger partial charge >= 0.3 is 0 Å². The van der Waals surface area contributed by atoms with Crippen LogP contribution in [-0.2, 0) is 5.41 Å². The lowest BCUT2D eigenvalue weighted by Gasteiger charge is -2.42. The summed E-state index contributed by atoms with van der Waals surface area (Å²) in [5.74, 6) is 2.45. The van der Waals surface area contributed by atoms with Crippen LogP contribution in [-0.4, -0.2) is 36.3 Å². The maximum atomic E-state index is 8.70. The zero-order chi connectivity index (χ0) is 26.8. The van der Waals surface area contributed by atoms with Crippen molar-refractivity contribution in [3.05, 3.63) is 40.0 Å². The summed E-state index contributed by atoms with van der Waals surface area (Å²) < 4.78 is 27.7. The number of H-pyrrole nitrogens is 1. The number of aromatic nitrogens is 2. The minimum Gasteiger partial charge on any atom is -0.493 e. The van der Waals surface area contributed by atoms with Crippen LogP contribution in [0, 0.1) is 11.3 Å². The molecule has 1 aliphatic heterocycles. The Balaban J connectivity index is 2.07. The molecule has 1 aromatic carbocycles. The van der Waals surface area contributed by atoms with E-state index in [1.165, 1.54) is 5.57 Å². The van der Waals surface area contributed by atoms with Gasteiger partial charge in [0.05, 0.1) is 15.1 Å². The SMILES string of the molecule is [2H]c1nc(N)[nH]c(=NC)c1C(C)(C)c1cc(OC)c(OCC)c2c1C(C)=C(C)C(C)(C1CC1(C)C)O2. The van der Waals surface area contributed by atoms with Crippen LogP contribution in [0.4, 0.5) is 5.95 Å². The van der Waals surface area contributed by atoms with Crippen molar-refractivity contribution in [3.63, 3.8) is 0 Å². The first-order valence-corrected chi connectivity index (χ1v) is 12.3. The van der Waals surface area contributed by atoms with E-state index in [9.17, 15) is 0 Å². The molecular formula is C28H40N4O3. The second-order valence-electron chi connectivity index (χ2n) is 11.1. The second kappa shape index (κ2) is 8.32. The molecule has 0 radical (unpaired) electrons. The number of benzene rings is 1. The van der Waals surface area contributed by atoms with E-state index >= 15 is 0 Å². The highest BCUT2D eigenvalue weighted by Gasteiger charge is 2.60. The molecule has 190 valence electrons. The van der Waals surface area contributed by atoms with E-state index in [4.69, 9.17) is 21.3 Å². The van der Waals surface area contributed by atoms with Crippen molar-refractivity contribution in [2.75, 3.05) is 26.5 Å². The maximum absolute atomic E-state index is 8.70. The van der Waals surface area contributed by atoms with E-state index in [0.717, 1.165) is 23.1 Å². The number of hydrogen-bond donors (Lipinski definition) is 2. The van der Waals surface area contributed by atoms with E-state index in [-0.39, 0.29) is 17.5 Å². The molecule has 7 heteroatoms. The number of anilines is 1. The molecule has 0 bridgehead atoms. The largest absolute Gasteiger partial charge is 0.493 e. The van der Waals surface area contributed by atoms with Crippen LogP contribution < -0.4 is 25.4 Å². The molecule has 2 aromatic rings. The third-order valence-corrected chi connectivity index (χ3v) is 8.18. The number of rotatable bonds is 6. The van der Waals surface area contributed by atoms with Crippen molar-refractivity contribution in [3.8, 4) is 17.2 Å². The quantitative estimate of drug-likeness (QED) is 0.588. The standard InChI is InChI=1S/C28H40N4O3/c1-11-34-22-19(33-10)12-17(27(6,7)18-14-31-25(29)32-24(18)30-9)21-15(2)16(3)28(8,35-23(21)22)20-13-26(20,4)5/h12,14,20H,11,13H2,1-10H3,(H3,29,30,31,32)/i14D. The minimum absolute atomic E-state index is 0.0816. The van der Waals surface area contributed by atoms with Crippen molar-refractivity contribution in [2.45, 2.75) is 72.8 Å². The molecule has 1 saturated carbocycles. The van der Waals surface area contributed by atoms with Crippen LogP contribution in [0.5, 0.6) is 17.2 Å². The third-order valence-electron chi connectivity index (χ3n) is 8.18. The van der Waals surface area contributed by atoms with Gasteiger partial charge in [-0.2, -0.15) is 0 Å². The summed E-state index contributed by atoms with van der Waals surface area (Å²) in [5.41, 5.74) is 10.4. The van der Waals surface area contributed by atoms with Crippen molar-refractivity contribution in [1.29, 1.82) is 0 Å². The van der Waals surface area contributed by atoms with Crippen LogP contribution in [0.1, 0.15) is 79.9 Å². The lowest BCUT2D eigenvalue weighted by atomic mass is 9.72. The molecule has 1 aromatic heterocycles. The average molecular weight is 482 g/mol. The smallest absolute Gasteiger partial charge is 0.204 e. The highest BCUT2D eigenvalue weighted by atomic mass is 16.5. The molecule has 1 aliphatic carbocycles. The Labute approximate surface area is 210 Å². The van der Waals surface area contributed by atoms with Gasteiger partial charge in [0.1, 0.15) is 11.1 Å². The van der Waals surface area contributed by atoms with Crippen LogP contribution in [0.2, 0.25) is 0 Å². The number of nitrogen functional groups attached to an aromatic ring is 1. The zero-order valence-electron chi connectivity index (χ0n) is 23.8. The van der Waals surface area contributed by atoms with Gasteiger partial charge in [-0.25, -0.2) is 4.98 Å². The Kier molecular flexibility index (Phi) is 5.65. The summed E-state index contributed by atoms with van der Waals surface area (Å²) >= 11 is 0. The molecule has 3 N–H and O–H groups in total. The van der Waals surface area contributed by atoms with E-state index in [0.29, 0.717) is 40.8 Å². The van der Waals surface area contributed by atoms with Gasteiger partial charge in [0.15, 0.2) is 17.4 Å². The van der Waals surface area contributed by atoms with E-state index in [1.807, 2.05) is 13.0 Å². The van der Waals surface area contributed by atoms with Gasteiger partial charge in [0, 0.05) is 35.7 Å². The molecule has 2 atom stereocenters. The summed E-state index contributed by atoms with van der Waals surface area (Å²) in [4.78, 5) is 11.6. The Morgan fingerprint density at radius 2 is 1.97 bits per heavy atom. The molecular weight excluding hydrogens is 440 g/mol. The summed E-state index contributed by atoms with van der Waals surface area (Å²) in [6, 6.07) is 2.00. The van der Waals surface area contributed by atoms with E-state index in [1.54, 1.807) is 14.2 Å². The fourth-order valence-electron chi connectivity index (χ4n) is 5.72. The number of nitrogens with one attached hydrogen (secondary N) is 1. The summed E-state index contributed by atoms with van der Waals surface area (Å²) in [6.07, 6.45) is 1.18. The number of ether oxygens (including phenoxy) is 3. The van der Waals surface area contributed by atoms with Gasteiger partial charge in [-0.15, -0.1) is 0 Å². The molecule has 4 rings (SSSR count). The molecule has 0 spiro atoms. The van der Waals surface area contributed by atoms with Gasteiger partial charge in [-0.05, 0) is 62.3 Å². The summed E-state index contributed by atoms with van der Waals surface area (Å²) in [7, 11) is 3.32. The van der Waals surface area contributed by atoms with Crippen molar-refractivity contribution < 1.29 is 15.6 Å². The van der Waals surface area contributed by atoms with Crippen LogP contribution in [0.25, 0.3) is 5.57 Å². The molecule has 2 aliphatic rings. The fourth-order valence-corrected chi connectivity index (χ4v) is 5.72. The normalized spacial score (nSPS) is 24.0. The second-order valence-corrected chi connectivity index (χ2v) is 11.1. The first-order valence-electron chi connectivity index (χ1n) is 12.8. The Morgan fingerprint density at radius 1 is 1.31 bits per heavy atom. The van der Waals surface area contributed by atoms with Gasteiger partial charge < -0.3 is 24.9 Å². The van der Waals surface area contributed by atoms with Gasteiger partial charge in [0.2, 0.25) is 5.75 Å². The first-order chi connectivity index (χ1) is 16.7. The van der Waals surface area contributed by atoms with Gasteiger partial charge in [-0.1, -0.05) is 27.7 Å². The highest BCUT2D eigenvalue weighted by molar-refractivity contribution is 5.83. The molecule has 1 fully saturated rings. The lowest BCUT2D eigenvalue weighted by molar-refractivity contribution is 0.0800. The Morgan fingerprint density at radius 3 is 2.51 bits per heavy atom. The monoisotopic (exact) mass is 481 g/mol. The predicted octanol–water partition coefficient (Wildman–Crippen LogP) is 5.25. The van der Waals surface area contributed by atoms with Crippen molar-refractivity contribution >= 4 is 11.5 Å². The minimum atomic E-state index is -0.692. The number of allylic oxidation sites excluding steroid dienone is 1. The fraction of sp³-hybridized carbons (Fsp3) is 0.571. The van der Waals surface area contributed by atoms with Crippen LogP contribution in [0.15, 0.2) is 22.8 Å². The number of fused-ring (bicyclic) bond motifs is 1. The zero-order valence-corrected chi connectivity index (χ0v) is 22.8. The molecule has 2 unspecified atom stereocenters. The van der Waals surface area contributed by atoms with Gasteiger partial charge in [-0.3, -0.25) is 4.99 Å². The third kappa shape index (κ3) is 3.80. The van der Waals surface area contributed by atoms with Crippen LogP contribution >= 0.6 is 0 Å². The number of methoxy groups -OCH3 is 1. The highest BCUT2D eigenvalue weighted by Crippen LogP contribution is 2.64. The number of nitrogens with zero attached hydrogens (tertiary/aromatic N) is 2. The summed E-state index contributed by atoms with van der Waals surface area (Å²) in [5, 5.41) is 0. The number of aromatic amines is 1. The van der Waals surface area contributed by atoms with Crippen molar-refractivity contribution in [2.24, 2.45) is 16.3 Å².